The summed E-state index contributed by atoms with van der Waals surface area (Å²) in [7, 11) is 0. The highest BCUT2D eigenvalue weighted by Crippen LogP contribution is 2.20. The van der Waals surface area contributed by atoms with Crippen molar-refractivity contribution in [1.29, 1.82) is 0 Å². The van der Waals surface area contributed by atoms with Gasteiger partial charge in [0, 0.05) is 24.6 Å². The second-order valence-corrected chi connectivity index (χ2v) is 5.75. The number of aryl methyl sites for hydroxylation is 1. The molecule has 0 amide bonds. The Kier molecular flexibility index (Phi) is 6.81. The van der Waals surface area contributed by atoms with Gasteiger partial charge in [-0.2, -0.15) is 0 Å². The van der Waals surface area contributed by atoms with Gasteiger partial charge in [-0.15, -0.1) is 0 Å². The highest BCUT2D eigenvalue weighted by atomic mass is 16.5. The van der Waals surface area contributed by atoms with Gasteiger partial charge in [0.15, 0.2) is 0 Å². The molecule has 4 heteroatoms. The third-order valence-electron chi connectivity index (χ3n) is 3.81. The molecule has 1 aromatic carbocycles. The van der Waals surface area contributed by atoms with E-state index in [0.717, 1.165) is 37.2 Å². The first-order valence-corrected chi connectivity index (χ1v) is 8.26. The van der Waals surface area contributed by atoms with E-state index in [2.05, 4.69) is 16.5 Å². The van der Waals surface area contributed by atoms with E-state index >= 15 is 0 Å². The number of imidazole rings is 1. The molecular formula is C18H27N3O. The summed E-state index contributed by atoms with van der Waals surface area (Å²) < 4.78 is 8.27. The van der Waals surface area contributed by atoms with Crippen LogP contribution < -0.4 is 10.5 Å². The van der Waals surface area contributed by atoms with Crippen LogP contribution in [0.25, 0.3) is 0 Å². The molecular weight excluding hydrogens is 274 g/mol. The van der Waals surface area contributed by atoms with Gasteiger partial charge >= 0.3 is 0 Å². The van der Waals surface area contributed by atoms with E-state index in [-0.39, 0.29) is 6.10 Å². The first kappa shape index (κ1) is 16.4. The number of nitrogen functional groups attached to an aromatic ring is 1. The largest absolute Gasteiger partial charge is 0.490 e. The lowest BCUT2D eigenvalue weighted by Crippen LogP contribution is -2.17. The van der Waals surface area contributed by atoms with Crippen LogP contribution in [0, 0.1) is 0 Å². The molecule has 0 aliphatic heterocycles. The van der Waals surface area contributed by atoms with Crippen LogP contribution in [0.1, 0.15) is 45.4 Å². The molecule has 22 heavy (non-hydrogen) atoms. The summed E-state index contributed by atoms with van der Waals surface area (Å²) in [6.45, 7) is 3.23. The second kappa shape index (κ2) is 9.13. The lowest BCUT2D eigenvalue weighted by atomic mass is 10.1. The number of nitrogens with two attached hydrogens (primary N) is 1. The van der Waals surface area contributed by atoms with Crippen molar-refractivity contribution in [3.05, 3.63) is 43.0 Å². The summed E-state index contributed by atoms with van der Waals surface area (Å²) >= 11 is 0. The van der Waals surface area contributed by atoms with Gasteiger partial charge in [0.05, 0.1) is 12.4 Å². The fourth-order valence-corrected chi connectivity index (χ4v) is 2.54. The fourth-order valence-electron chi connectivity index (χ4n) is 2.54. The Labute approximate surface area is 133 Å². The quantitative estimate of drug-likeness (QED) is 0.526. The number of unbranched alkanes of at least 4 members (excludes halogenated alkanes) is 2. The number of anilines is 1. The van der Waals surface area contributed by atoms with Crippen LogP contribution in [0.4, 0.5) is 5.69 Å². The maximum Gasteiger partial charge on any atom is 0.119 e. The van der Waals surface area contributed by atoms with Crippen LogP contribution in [-0.2, 0) is 6.54 Å². The molecule has 0 aliphatic carbocycles. The predicted molar refractivity (Wildman–Crippen MR) is 90.9 cm³/mol. The van der Waals surface area contributed by atoms with Gasteiger partial charge < -0.3 is 15.0 Å². The fraction of sp³-hybridized carbons (Fsp3) is 0.500. The average Bonchev–Trinajstić information content (AvgIpc) is 3.03. The van der Waals surface area contributed by atoms with Gasteiger partial charge in [-0.3, -0.25) is 0 Å². The SMILES string of the molecule is CCCCCC(CCCn1ccnc1)Oc1ccc(N)cc1. The molecule has 0 spiro atoms. The van der Waals surface area contributed by atoms with Crippen LogP contribution in [0.3, 0.4) is 0 Å². The maximum absolute atomic E-state index is 6.16. The molecule has 2 aromatic rings. The van der Waals surface area contributed by atoms with Crippen LogP contribution in [0.15, 0.2) is 43.0 Å². The Morgan fingerprint density at radius 2 is 1.91 bits per heavy atom. The highest BCUT2D eigenvalue weighted by Gasteiger charge is 2.10. The molecule has 1 unspecified atom stereocenters. The van der Waals surface area contributed by atoms with E-state index < -0.39 is 0 Å². The molecule has 2 rings (SSSR count). The Bertz CT molecular complexity index is 508. The number of aromatic nitrogens is 2. The van der Waals surface area contributed by atoms with Crippen molar-refractivity contribution in [2.24, 2.45) is 0 Å². The van der Waals surface area contributed by atoms with Gasteiger partial charge in [-0.1, -0.05) is 19.8 Å². The van der Waals surface area contributed by atoms with Crippen molar-refractivity contribution in [1.82, 2.24) is 9.55 Å². The summed E-state index contributed by atoms with van der Waals surface area (Å²) in [4.78, 5) is 4.08. The Morgan fingerprint density at radius 3 is 2.59 bits per heavy atom. The van der Waals surface area contributed by atoms with E-state index in [1.54, 1.807) is 0 Å². The third kappa shape index (κ3) is 5.80. The van der Waals surface area contributed by atoms with Gasteiger partial charge in [-0.05, 0) is 49.9 Å². The van der Waals surface area contributed by atoms with Gasteiger partial charge in [0.1, 0.15) is 5.75 Å². The second-order valence-electron chi connectivity index (χ2n) is 5.75. The Hall–Kier alpha value is -1.97. The number of rotatable bonds is 10. The van der Waals surface area contributed by atoms with E-state index in [4.69, 9.17) is 10.5 Å². The topological polar surface area (TPSA) is 53.1 Å². The van der Waals surface area contributed by atoms with E-state index in [1.165, 1.54) is 19.3 Å². The number of hydrogen-bond donors (Lipinski definition) is 1. The van der Waals surface area contributed by atoms with E-state index in [9.17, 15) is 0 Å². The summed E-state index contributed by atoms with van der Waals surface area (Å²) in [6, 6.07) is 7.70. The van der Waals surface area contributed by atoms with Crippen LogP contribution >= 0.6 is 0 Å². The molecule has 1 heterocycles. The van der Waals surface area contributed by atoms with Crippen molar-refractivity contribution in [2.45, 2.75) is 58.1 Å². The molecule has 0 saturated heterocycles. The number of benzene rings is 1. The normalized spacial score (nSPS) is 12.2. The smallest absolute Gasteiger partial charge is 0.119 e. The van der Waals surface area contributed by atoms with Crippen LogP contribution in [-0.4, -0.2) is 15.7 Å². The standard InChI is InChI=1S/C18H27N3O/c1-2-3-4-6-17(7-5-13-21-14-12-20-15-21)22-18-10-8-16(19)9-11-18/h8-12,14-15,17H,2-7,13,19H2,1H3. The van der Waals surface area contributed by atoms with Crippen molar-refractivity contribution >= 4 is 5.69 Å². The van der Waals surface area contributed by atoms with Crippen LogP contribution in [0.2, 0.25) is 0 Å². The zero-order chi connectivity index (χ0) is 15.6. The van der Waals surface area contributed by atoms with Crippen molar-refractivity contribution < 1.29 is 4.74 Å². The molecule has 0 bridgehead atoms. The minimum atomic E-state index is 0.277. The molecule has 0 aliphatic rings. The summed E-state index contributed by atoms with van der Waals surface area (Å²) in [5, 5.41) is 0. The zero-order valence-corrected chi connectivity index (χ0v) is 13.4. The highest BCUT2D eigenvalue weighted by molar-refractivity contribution is 5.41. The molecule has 0 saturated carbocycles. The molecule has 4 nitrogen and oxygen atoms in total. The summed E-state index contributed by atoms with van der Waals surface area (Å²) in [5.74, 6) is 0.915. The van der Waals surface area contributed by atoms with Gasteiger partial charge in [0.25, 0.3) is 0 Å². The monoisotopic (exact) mass is 301 g/mol. The van der Waals surface area contributed by atoms with Crippen LogP contribution in [0.5, 0.6) is 5.75 Å². The van der Waals surface area contributed by atoms with Crippen molar-refractivity contribution in [3.63, 3.8) is 0 Å². The van der Waals surface area contributed by atoms with E-state index in [1.807, 2.05) is 43.0 Å². The lowest BCUT2D eigenvalue weighted by molar-refractivity contribution is 0.172. The number of nitrogens with zero attached hydrogens (tertiary/aromatic N) is 2. The Balaban J connectivity index is 1.82. The minimum absolute atomic E-state index is 0.277. The molecule has 1 atom stereocenters. The minimum Gasteiger partial charge on any atom is -0.490 e. The predicted octanol–water partition coefficient (Wildman–Crippen LogP) is 4.27. The number of hydrogen-bond acceptors (Lipinski definition) is 3. The maximum atomic E-state index is 6.16. The first-order valence-electron chi connectivity index (χ1n) is 8.26. The van der Waals surface area contributed by atoms with Crippen molar-refractivity contribution in [3.8, 4) is 5.75 Å². The number of ether oxygens (including phenoxy) is 1. The average molecular weight is 301 g/mol. The third-order valence-corrected chi connectivity index (χ3v) is 3.81. The zero-order valence-electron chi connectivity index (χ0n) is 13.4. The molecule has 1 aromatic heterocycles. The molecule has 0 fully saturated rings. The molecule has 0 radical (unpaired) electrons. The van der Waals surface area contributed by atoms with Gasteiger partial charge in [0.2, 0.25) is 0 Å². The molecule has 120 valence electrons. The van der Waals surface area contributed by atoms with Crippen molar-refractivity contribution in [2.75, 3.05) is 5.73 Å². The molecule has 2 N–H and O–H groups in total. The van der Waals surface area contributed by atoms with Gasteiger partial charge in [-0.25, -0.2) is 4.98 Å². The summed E-state index contributed by atoms with van der Waals surface area (Å²) in [6.07, 6.45) is 13.0. The van der Waals surface area contributed by atoms with E-state index in [0.29, 0.717) is 0 Å². The first-order chi connectivity index (χ1) is 10.8. The lowest BCUT2D eigenvalue weighted by Gasteiger charge is -2.19. The Morgan fingerprint density at radius 1 is 1.14 bits per heavy atom. The summed E-state index contributed by atoms with van der Waals surface area (Å²) in [5.41, 5.74) is 6.50.